The van der Waals surface area contributed by atoms with E-state index in [1.165, 1.54) is 19.4 Å². The van der Waals surface area contributed by atoms with Crippen LogP contribution in [0.15, 0.2) is 0 Å². The average Bonchev–Trinajstić information content (AvgIpc) is 2.25. The molecule has 0 aromatic carbocycles. The van der Waals surface area contributed by atoms with Crippen molar-refractivity contribution in [3.63, 3.8) is 0 Å². The first kappa shape index (κ1) is 12.5. The predicted octanol–water partition coefficient (Wildman–Crippen LogP) is 1.35. The van der Waals surface area contributed by atoms with Crippen LogP contribution in [0.5, 0.6) is 0 Å². The Bertz CT molecular complexity index is 188. The zero-order valence-corrected chi connectivity index (χ0v) is 9.45. The minimum atomic E-state index is -0.872. The minimum absolute atomic E-state index is 0.152. The van der Waals surface area contributed by atoms with Crippen LogP contribution in [-0.4, -0.2) is 48.3 Å². The third-order valence-corrected chi connectivity index (χ3v) is 2.81. The normalized spacial score (nSPS) is 19.3. The van der Waals surface area contributed by atoms with E-state index in [-0.39, 0.29) is 12.7 Å². The van der Waals surface area contributed by atoms with Crippen LogP contribution >= 0.6 is 0 Å². The molecule has 88 valence electrons. The fourth-order valence-corrected chi connectivity index (χ4v) is 1.87. The summed E-state index contributed by atoms with van der Waals surface area (Å²) in [6.07, 6.45) is 4.57. The van der Waals surface area contributed by atoms with Crippen molar-refractivity contribution in [2.24, 2.45) is 0 Å². The number of carboxylic acids is 1. The number of likely N-dealkylation sites (tertiary alicyclic amines) is 1. The molecule has 0 unspecified atom stereocenters. The van der Waals surface area contributed by atoms with Crippen molar-refractivity contribution in [2.45, 2.75) is 38.7 Å². The number of hydrogen-bond donors (Lipinski definition) is 1. The summed E-state index contributed by atoms with van der Waals surface area (Å²) in [5.74, 6) is -0.872. The topological polar surface area (TPSA) is 49.8 Å². The third kappa shape index (κ3) is 5.14. The summed E-state index contributed by atoms with van der Waals surface area (Å²) in [5.41, 5.74) is 0. The molecule has 4 nitrogen and oxygen atoms in total. The molecular weight excluding hydrogens is 194 g/mol. The summed E-state index contributed by atoms with van der Waals surface area (Å²) in [6, 6.07) is 0. The Labute approximate surface area is 91.2 Å². The van der Waals surface area contributed by atoms with Crippen molar-refractivity contribution in [2.75, 3.05) is 26.2 Å². The smallest absolute Gasteiger partial charge is 0.329 e. The van der Waals surface area contributed by atoms with Crippen LogP contribution in [-0.2, 0) is 9.53 Å². The van der Waals surface area contributed by atoms with Gasteiger partial charge in [0, 0.05) is 13.1 Å². The maximum absolute atomic E-state index is 10.3. The van der Waals surface area contributed by atoms with Gasteiger partial charge in [-0.15, -0.1) is 0 Å². The van der Waals surface area contributed by atoms with E-state index in [1.807, 2.05) is 0 Å². The second-order valence-electron chi connectivity index (χ2n) is 4.10. The van der Waals surface area contributed by atoms with E-state index in [1.54, 1.807) is 0 Å². The molecule has 1 saturated heterocycles. The summed E-state index contributed by atoms with van der Waals surface area (Å²) in [6.45, 7) is 5.30. The van der Waals surface area contributed by atoms with Gasteiger partial charge < -0.3 is 14.7 Å². The molecule has 0 aromatic rings. The lowest BCUT2D eigenvalue weighted by molar-refractivity contribution is -0.145. The summed E-state index contributed by atoms with van der Waals surface area (Å²) in [7, 11) is 0. The van der Waals surface area contributed by atoms with E-state index >= 15 is 0 Å². The van der Waals surface area contributed by atoms with Crippen molar-refractivity contribution >= 4 is 5.97 Å². The second-order valence-corrected chi connectivity index (χ2v) is 4.10. The fraction of sp³-hybridized carbons (Fsp3) is 0.909. The molecule has 0 bridgehead atoms. The number of aliphatic carboxylic acids is 1. The highest BCUT2D eigenvalue weighted by molar-refractivity contribution is 5.68. The molecule has 15 heavy (non-hydrogen) atoms. The molecule has 0 atom stereocenters. The van der Waals surface area contributed by atoms with E-state index < -0.39 is 5.97 Å². The van der Waals surface area contributed by atoms with Crippen LogP contribution in [0.25, 0.3) is 0 Å². The molecule has 0 saturated carbocycles. The van der Waals surface area contributed by atoms with Gasteiger partial charge in [-0.25, -0.2) is 4.79 Å². The van der Waals surface area contributed by atoms with Gasteiger partial charge in [0.25, 0.3) is 0 Å². The molecular formula is C11H21NO3. The molecule has 1 fully saturated rings. The van der Waals surface area contributed by atoms with Crippen LogP contribution in [0.3, 0.4) is 0 Å². The molecule has 0 amide bonds. The largest absolute Gasteiger partial charge is 0.480 e. The van der Waals surface area contributed by atoms with Crippen LogP contribution in [0, 0.1) is 0 Å². The van der Waals surface area contributed by atoms with E-state index in [4.69, 9.17) is 9.84 Å². The predicted molar refractivity (Wildman–Crippen MR) is 58.0 cm³/mol. The van der Waals surface area contributed by atoms with Crippen molar-refractivity contribution in [1.82, 2.24) is 4.90 Å². The lowest BCUT2D eigenvalue weighted by Crippen LogP contribution is -2.38. The molecule has 4 heteroatoms. The van der Waals surface area contributed by atoms with E-state index in [0.29, 0.717) is 0 Å². The number of rotatable bonds is 6. The Morgan fingerprint density at radius 1 is 1.47 bits per heavy atom. The highest BCUT2D eigenvalue weighted by Gasteiger charge is 2.19. The Morgan fingerprint density at radius 2 is 2.13 bits per heavy atom. The quantitative estimate of drug-likeness (QED) is 0.726. The van der Waals surface area contributed by atoms with Crippen LogP contribution in [0.4, 0.5) is 0 Å². The number of unbranched alkanes of at least 4 members (excludes halogenated alkanes) is 1. The maximum Gasteiger partial charge on any atom is 0.329 e. The highest BCUT2D eigenvalue weighted by atomic mass is 16.5. The summed E-state index contributed by atoms with van der Waals surface area (Å²) >= 11 is 0. The lowest BCUT2D eigenvalue weighted by atomic mass is 10.1. The van der Waals surface area contributed by atoms with Crippen molar-refractivity contribution in [3.05, 3.63) is 0 Å². The van der Waals surface area contributed by atoms with E-state index in [0.717, 1.165) is 25.9 Å². The van der Waals surface area contributed by atoms with Gasteiger partial charge in [-0.3, -0.25) is 0 Å². The molecule has 1 aliphatic heterocycles. The zero-order valence-electron chi connectivity index (χ0n) is 9.45. The maximum atomic E-state index is 10.3. The van der Waals surface area contributed by atoms with Gasteiger partial charge in [0.15, 0.2) is 0 Å². The Balaban J connectivity index is 2.09. The molecule has 1 N–H and O–H groups in total. The van der Waals surface area contributed by atoms with Gasteiger partial charge in [0.05, 0.1) is 6.10 Å². The first-order valence-electron chi connectivity index (χ1n) is 5.78. The second kappa shape index (κ2) is 6.80. The zero-order chi connectivity index (χ0) is 11.1. The van der Waals surface area contributed by atoms with Crippen molar-refractivity contribution in [1.29, 1.82) is 0 Å². The molecule has 0 spiro atoms. The van der Waals surface area contributed by atoms with Gasteiger partial charge in [-0.1, -0.05) is 13.3 Å². The first-order chi connectivity index (χ1) is 7.22. The van der Waals surface area contributed by atoms with Gasteiger partial charge in [-0.05, 0) is 25.8 Å². The van der Waals surface area contributed by atoms with Crippen LogP contribution in [0.2, 0.25) is 0 Å². The first-order valence-corrected chi connectivity index (χ1v) is 5.78. The summed E-state index contributed by atoms with van der Waals surface area (Å²) in [5, 5.41) is 8.48. The van der Waals surface area contributed by atoms with Gasteiger partial charge in [0.1, 0.15) is 6.61 Å². The van der Waals surface area contributed by atoms with Gasteiger partial charge in [-0.2, -0.15) is 0 Å². The fourth-order valence-electron chi connectivity index (χ4n) is 1.87. The lowest BCUT2D eigenvalue weighted by Gasteiger charge is -2.31. The summed E-state index contributed by atoms with van der Waals surface area (Å²) in [4.78, 5) is 12.7. The molecule has 0 radical (unpaired) electrons. The Hall–Kier alpha value is -0.610. The monoisotopic (exact) mass is 215 g/mol. The third-order valence-electron chi connectivity index (χ3n) is 2.81. The number of carbonyl (C=O) groups is 1. The van der Waals surface area contributed by atoms with Crippen LogP contribution in [0.1, 0.15) is 32.6 Å². The molecule has 0 aliphatic carbocycles. The van der Waals surface area contributed by atoms with Crippen molar-refractivity contribution in [3.8, 4) is 0 Å². The van der Waals surface area contributed by atoms with E-state index in [9.17, 15) is 4.79 Å². The SMILES string of the molecule is CCCCN1CCC(OCC(=O)O)CC1. The Morgan fingerprint density at radius 3 is 2.67 bits per heavy atom. The summed E-state index contributed by atoms with van der Waals surface area (Å²) < 4.78 is 5.27. The van der Waals surface area contributed by atoms with Gasteiger partial charge >= 0.3 is 5.97 Å². The molecule has 1 heterocycles. The number of nitrogens with zero attached hydrogens (tertiary/aromatic N) is 1. The number of piperidine rings is 1. The number of hydrogen-bond acceptors (Lipinski definition) is 3. The molecule has 0 aromatic heterocycles. The minimum Gasteiger partial charge on any atom is -0.480 e. The van der Waals surface area contributed by atoms with Crippen molar-refractivity contribution < 1.29 is 14.6 Å². The highest BCUT2D eigenvalue weighted by Crippen LogP contribution is 2.13. The Kier molecular flexibility index (Phi) is 5.65. The number of ether oxygens (including phenoxy) is 1. The van der Waals surface area contributed by atoms with E-state index in [2.05, 4.69) is 11.8 Å². The van der Waals surface area contributed by atoms with Crippen LogP contribution < -0.4 is 0 Å². The average molecular weight is 215 g/mol. The van der Waals surface area contributed by atoms with Gasteiger partial charge in [0.2, 0.25) is 0 Å². The molecule has 1 rings (SSSR count). The number of carboxylic acid groups (broad SMARTS) is 1. The standard InChI is InChI=1S/C11H21NO3/c1-2-3-6-12-7-4-10(5-8-12)15-9-11(13)14/h10H,2-9H2,1H3,(H,13,14). The molecule has 1 aliphatic rings.